The zero-order chi connectivity index (χ0) is 53.6. The molecule has 376 valence electrons. The Morgan fingerprint density at radius 2 is 0.789 bits per heavy atom. The third-order valence-electron chi connectivity index (χ3n) is 12.2. The van der Waals surface area contributed by atoms with Crippen LogP contribution in [0.15, 0.2) is 189 Å². The molecule has 0 radical (unpaired) electrons. The van der Waals surface area contributed by atoms with Gasteiger partial charge in [-0.05, 0) is 172 Å². The van der Waals surface area contributed by atoms with E-state index in [4.69, 9.17) is 20.4 Å². The van der Waals surface area contributed by atoms with E-state index in [-0.39, 0.29) is 5.56 Å². The number of fused-ring (bicyclic) bond motifs is 4. The Morgan fingerprint density at radius 1 is 0.368 bits per heavy atom. The van der Waals surface area contributed by atoms with Gasteiger partial charge in [0, 0.05) is 70.6 Å². The molecule has 0 atom stereocenters. The number of carbonyl (C=O) groups is 4. The highest BCUT2D eigenvalue weighted by Gasteiger charge is 2.13. The molecule has 0 unspecified atom stereocenters. The summed E-state index contributed by atoms with van der Waals surface area (Å²) in [7, 11) is 0. The summed E-state index contributed by atoms with van der Waals surface area (Å²) in [6, 6.07) is 43.4. The van der Waals surface area contributed by atoms with Gasteiger partial charge in [-0.15, -0.1) is 0 Å². The molecule has 0 aliphatic carbocycles. The molecule has 0 saturated heterocycles. The van der Waals surface area contributed by atoms with Crippen LogP contribution in [0.5, 0.6) is 0 Å². The minimum atomic E-state index is -0.924. The van der Waals surface area contributed by atoms with Crippen LogP contribution in [-0.4, -0.2) is 87.5 Å². The summed E-state index contributed by atoms with van der Waals surface area (Å²) in [5.74, 6) is 0.286. The first-order chi connectivity index (χ1) is 36.6. The summed E-state index contributed by atoms with van der Waals surface area (Å²) in [5.41, 5.74) is 8.11. The second kappa shape index (κ2) is 21.7. The van der Waals surface area contributed by atoms with Gasteiger partial charge in [0.1, 0.15) is 29.1 Å². The molecule has 0 fully saturated rings. The Bertz CT molecular complexity index is 3830. The van der Waals surface area contributed by atoms with Crippen molar-refractivity contribution < 1.29 is 39.6 Å². The Balaban J connectivity index is 0.000000124. The van der Waals surface area contributed by atoms with Crippen LogP contribution in [-0.2, 0) is 0 Å². The van der Waals surface area contributed by atoms with Gasteiger partial charge in [0.25, 0.3) is 0 Å². The van der Waals surface area contributed by atoms with Crippen molar-refractivity contribution in [2.24, 2.45) is 0 Å². The van der Waals surface area contributed by atoms with Crippen LogP contribution in [0.1, 0.15) is 64.1 Å². The molecule has 8 heterocycles. The first-order valence-corrected chi connectivity index (χ1v) is 23.6. The summed E-state index contributed by atoms with van der Waals surface area (Å²) < 4.78 is 7.76. The minimum Gasteiger partial charge on any atom is -0.478 e. The van der Waals surface area contributed by atoms with Gasteiger partial charge in [-0.2, -0.15) is 0 Å². The number of aromatic carboxylic acids is 4. The maximum atomic E-state index is 10.9. The fraction of sp³-hybridized carbons (Fsp3) is 0.0678. The van der Waals surface area contributed by atoms with E-state index in [9.17, 15) is 19.2 Å². The third kappa shape index (κ3) is 11.1. The van der Waals surface area contributed by atoms with Crippen LogP contribution in [0, 0.1) is 27.7 Å². The van der Waals surface area contributed by atoms with Gasteiger partial charge < -0.3 is 38.7 Å². The number of nitrogens with zero attached hydrogens (tertiary/aromatic N) is 9. The van der Waals surface area contributed by atoms with Crippen molar-refractivity contribution in [2.45, 2.75) is 27.7 Å². The van der Waals surface area contributed by atoms with E-state index in [1.807, 2.05) is 162 Å². The van der Waals surface area contributed by atoms with Crippen LogP contribution >= 0.6 is 0 Å². The Morgan fingerprint density at radius 3 is 1.18 bits per heavy atom. The Labute approximate surface area is 433 Å². The van der Waals surface area contributed by atoms with Crippen LogP contribution in [0.3, 0.4) is 0 Å². The lowest BCUT2D eigenvalue weighted by atomic mass is 10.1. The number of aryl methyl sites for hydroxylation is 4. The molecular formula is C59H47N9O8. The fourth-order valence-electron chi connectivity index (χ4n) is 8.40. The summed E-state index contributed by atoms with van der Waals surface area (Å²) in [6.45, 7) is 7.78. The molecule has 0 aliphatic heterocycles. The number of benzene rings is 4. The van der Waals surface area contributed by atoms with Crippen molar-refractivity contribution in [2.75, 3.05) is 0 Å². The Kier molecular flexibility index (Phi) is 14.4. The zero-order valence-electron chi connectivity index (χ0n) is 41.3. The lowest BCUT2D eigenvalue weighted by Gasteiger charge is -2.05. The van der Waals surface area contributed by atoms with Crippen LogP contribution in [0.25, 0.3) is 66.9 Å². The van der Waals surface area contributed by atoms with E-state index in [1.165, 1.54) is 0 Å². The second-order valence-electron chi connectivity index (χ2n) is 17.5. The standard InChI is InChI=1S/3C15H12N2O2.C14H11N3O2/c1-10-2-5-14(16-9-10)17-7-6-11-8-12(15(18)19)3-4-13(11)17;1-10-4-6-16-14(8-10)17-7-5-11-9-12(15(18)19)2-3-13(11)17;1-10-3-2-4-14(16-10)17-8-7-11-9-12(15(18)19)5-6-13(11)17;1-9-15-6-4-13(16-9)17-7-5-10-8-11(14(18)19)2-3-12(10)17/h3*2-9H,1H3,(H,18,19);2-8H,1H3,(H,18,19). The van der Waals surface area contributed by atoms with E-state index < -0.39 is 23.9 Å². The molecule has 17 heteroatoms. The highest BCUT2D eigenvalue weighted by atomic mass is 16.4. The van der Waals surface area contributed by atoms with Gasteiger partial charge in [-0.1, -0.05) is 12.1 Å². The van der Waals surface area contributed by atoms with E-state index >= 15 is 0 Å². The number of aromatic nitrogens is 9. The van der Waals surface area contributed by atoms with Gasteiger partial charge in [0.05, 0.1) is 44.3 Å². The molecule has 0 spiro atoms. The van der Waals surface area contributed by atoms with E-state index in [0.717, 1.165) is 83.7 Å². The lowest BCUT2D eigenvalue weighted by molar-refractivity contribution is 0.0686. The molecule has 4 N–H and O–H groups in total. The number of rotatable bonds is 8. The topological polar surface area (TPSA) is 233 Å². The molecule has 0 aliphatic rings. The SMILES string of the molecule is Cc1ccc(-n2ccc3cc(C(=O)O)ccc32)nc1.Cc1cccc(-n2ccc3cc(C(=O)O)ccc32)n1.Cc1ccnc(-n2ccc3cc(C(=O)O)ccc32)c1.Cc1nccc(-n2ccc3cc(C(=O)O)ccc32)n1. The lowest BCUT2D eigenvalue weighted by Crippen LogP contribution is -1.99. The highest BCUT2D eigenvalue weighted by molar-refractivity contribution is 5.96. The van der Waals surface area contributed by atoms with Crippen LogP contribution in [0.2, 0.25) is 0 Å². The average molecular weight is 1010 g/mol. The first kappa shape index (κ1) is 50.4. The van der Waals surface area contributed by atoms with Crippen LogP contribution < -0.4 is 0 Å². The first-order valence-electron chi connectivity index (χ1n) is 23.6. The summed E-state index contributed by atoms with van der Waals surface area (Å²) >= 11 is 0. The maximum Gasteiger partial charge on any atom is 0.335 e. The van der Waals surface area contributed by atoms with Gasteiger partial charge in [-0.3, -0.25) is 0 Å². The molecule has 4 aromatic carbocycles. The molecular weight excluding hydrogens is 963 g/mol. The number of carboxylic acid groups (broad SMARTS) is 4. The van der Waals surface area contributed by atoms with Gasteiger partial charge >= 0.3 is 23.9 Å². The van der Waals surface area contributed by atoms with E-state index in [2.05, 4.69) is 24.9 Å². The molecule has 12 rings (SSSR count). The molecule has 0 saturated carbocycles. The molecule has 12 aromatic rings. The van der Waals surface area contributed by atoms with Gasteiger partial charge in [0.2, 0.25) is 0 Å². The molecule has 0 bridgehead atoms. The predicted octanol–water partition coefficient (Wildman–Crippen LogP) is 11.5. The number of pyridine rings is 3. The fourth-order valence-corrected chi connectivity index (χ4v) is 8.40. The van der Waals surface area contributed by atoms with Crippen molar-refractivity contribution in [1.82, 2.24) is 43.2 Å². The number of hydrogen-bond acceptors (Lipinski definition) is 9. The number of carboxylic acids is 4. The Hall–Kier alpha value is -10.6. The van der Waals surface area contributed by atoms with Crippen LogP contribution in [0.4, 0.5) is 0 Å². The highest BCUT2D eigenvalue weighted by Crippen LogP contribution is 2.25. The van der Waals surface area contributed by atoms with Crippen molar-refractivity contribution in [1.29, 1.82) is 0 Å². The third-order valence-corrected chi connectivity index (χ3v) is 12.2. The maximum absolute atomic E-state index is 10.9. The van der Waals surface area contributed by atoms with E-state index in [1.54, 1.807) is 73.1 Å². The smallest absolute Gasteiger partial charge is 0.335 e. The monoisotopic (exact) mass is 1010 g/mol. The van der Waals surface area contributed by atoms with Crippen molar-refractivity contribution in [3.63, 3.8) is 0 Å². The zero-order valence-corrected chi connectivity index (χ0v) is 41.3. The van der Waals surface area contributed by atoms with Crippen molar-refractivity contribution in [3.05, 3.63) is 234 Å². The minimum absolute atomic E-state index is 0.282. The van der Waals surface area contributed by atoms with Gasteiger partial charge in [0.15, 0.2) is 0 Å². The average Bonchev–Trinajstić information content (AvgIpc) is 4.24. The van der Waals surface area contributed by atoms with Gasteiger partial charge in [-0.25, -0.2) is 44.1 Å². The van der Waals surface area contributed by atoms with E-state index in [0.29, 0.717) is 22.5 Å². The van der Waals surface area contributed by atoms with Crippen molar-refractivity contribution >= 4 is 67.5 Å². The normalized spacial score (nSPS) is 10.8. The molecule has 8 aromatic heterocycles. The predicted molar refractivity (Wildman–Crippen MR) is 289 cm³/mol. The second-order valence-corrected chi connectivity index (χ2v) is 17.5. The summed E-state index contributed by atoms with van der Waals surface area (Å²) in [5, 5.41) is 39.5. The molecule has 76 heavy (non-hydrogen) atoms. The number of hydrogen-bond donors (Lipinski definition) is 4. The van der Waals surface area contributed by atoms with Crippen molar-refractivity contribution in [3.8, 4) is 23.3 Å². The largest absolute Gasteiger partial charge is 0.478 e. The molecule has 0 amide bonds. The summed E-state index contributed by atoms with van der Waals surface area (Å²) in [4.78, 5) is 65.4. The summed E-state index contributed by atoms with van der Waals surface area (Å²) in [6.07, 6.45) is 12.9. The quantitative estimate of drug-likeness (QED) is 0.111. The molecule has 17 nitrogen and oxygen atoms in total.